The maximum absolute atomic E-state index is 9.89. The molecule has 2 atom stereocenters. The number of ether oxygens (including phenoxy) is 1. The summed E-state index contributed by atoms with van der Waals surface area (Å²) in [6.07, 6.45) is 1.77. The van der Waals surface area contributed by atoms with Crippen LogP contribution in [0.1, 0.15) is 26.7 Å². The lowest BCUT2D eigenvalue weighted by atomic mass is 10.2. The van der Waals surface area contributed by atoms with Gasteiger partial charge in [0.05, 0.1) is 24.8 Å². The molecule has 1 fully saturated rings. The van der Waals surface area contributed by atoms with Gasteiger partial charge in [-0.25, -0.2) is 0 Å². The fraction of sp³-hybridized carbons (Fsp3) is 0.929. The minimum Gasteiger partial charge on any atom is -0.389 e. The Labute approximate surface area is 116 Å². The highest BCUT2D eigenvalue weighted by atomic mass is 16.5. The van der Waals surface area contributed by atoms with Crippen molar-refractivity contribution in [3.63, 3.8) is 0 Å². The number of piperazine rings is 1. The predicted molar refractivity (Wildman–Crippen MR) is 74.8 cm³/mol. The zero-order chi connectivity index (χ0) is 14.1. The van der Waals surface area contributed by atoms with Gasteiger partial charge in [0.2, 0.25) is 0 Å². The van der Waals surface area contributed by atoms with Crippen molar-refractivity contribution in [1.29, 1.82) is 5.26 Å². The Morgan fingerprint density at radius 2 is 2.00 bits per heavy atom. The van der Waals surface area contributed by atoms with Crippen molar-refractivity contribution >= 4 is 0 Å². The summed E-state index contributed by atoms with van der Waals surface area (Å²) in [7, 11) is 0. The van der Waals surface area contributed by atoms with Crippen molar-refractivity contribution in [2.45, 2.75) is 38.8 Å². The van der Waals surface area contributed by atoms with E-state index in [1.54, 1.807) is 0 Å². The summed E-state index contributed by atoms with van der Waals surface area (Å²) in [4.78, 5) is 4.43. The number of hydrogen-bond donors (Lipinski definition) is 1. The standard InChI is InChI=1S/C14H27N3O2/c1-3-4-9-19-12-14(18)11-16-5-7-17(8-6-16)13(2)10-15/h13-14,18H,3-9,11-12H2,1-2H3. The molecule has 0 aliphatic carbocycles. The molecule has 19 heavy (non-hydrogen) atoms. The Kier molecular flexibility index (Phi) is 7.99. The molecule has 0 aromatic carbocycles. The molecule has 0 aromatic heterocycles. The van der Waals surface area contributed by atoms with Crippen LogP contribution in [0.3, 0.4) is 0 Å². The van der Waals surface area contributed by atoms with E-state index in [4.69, 9.17) is 10.00 Å². The van der Waals surface area contributed by atoms with E-state index in [9.17, 15) is 5.11 Å². The summed E-state index contributed by atoms with van der Waals surface area (Å²) in [5.41, 5.74) is 0. The van der Waals surface area contributed by atoms with Crippen LogP contribution in [-0.2, 0) is 4.74 Å². The summed E-state index contributed by atoms with van der Waals surface area (Å²) in [6, 6.07) is 2.26. The summed E-state index contributed by atoms with van der Waals surface area (Å²) < 4.78 is 5.42. The van der Waals surface area contributed by atoms with Crippen LogP contribution in [0.15, 0.2) is 0 Å². The van der Waals surface area contributed by atoms with E-state index in [1.165, 1.54) is 0 Å². The van der Waals surface area contributed by atoms with Crippen molar-refractivity contribution in [1.82, 2.24) is 9.80 Å². The molecular formula is C14H27N3O2. The van der Waals surface area contributed by atoms with Crippen molar-refractivity contribution in [3.05, 3.63) is 0 Å². The van der Waals surface area contributed by atoms with Crippen molar-refractivity contribution < 1.29 is 9.84 Å². The molecule has 110 valence electrons. The summed E-state index contributed by atoms with van der Waals surface area (Å²) >= 11 is 0. The Hall–Kier alpha value is -0.670. The molecule has 1 aliphatic rings. The molecular weight excluding hydrogens is 242 g/mol. The molecule has 1 aliphatic heterocycles. The average molecular weight is 269 g/mol. The molecule has 1 rings (SSSR count). The number of aliphatic hydroxyl groups excluding tert-OH is 1. The van der Waals surface area contributed by atoms with Crippen molar-refractivity contribution in [2.24, 2.45) is 0 Å². The maximum Gasteiger partial charge on any atom is 0.0950 e. The molecule has 0 bridgehead atoms. The van der Waals surface area contributed by atoms with Crippen LogP contribution in [0.2, 0.25) is 0 Å². The smallest absolute Gasteiger partial charge is 0.0950 e. The first-order valence-electron chi connectivity index (χ1n) is 7.29. The molecule has 0 radical (unpaired) electrons. The van der Waals surface area contributed by atoms with E-state index in [0.717, 1.165) is 45.6 Å². The number of nitrogens with zero attached hydrogens (tertiary/aromatic N) is 3. The molecule has 5 heteroatoms. The largest absolute Gasteiger partial charge is 0.389 e. The third-order valence-corrected chi connectivity index (χ3v) is 3.56. The van der Waals surface area contributed by atoms with Gasteiger partial charge in [-0.15, -0.1) is 0 Å². The minimum absolute atomic E-state index is 0.00977. The molecule has 0 saturated carbocycles. The first kappa shape index (κ1) is 16.4. The first-order chi connectivity index (χ1) is 9.17. The number of rotatable bonds is 8. The zero-order valence-corrected chi connectivity index (χ0v) is 12.2. The quantitative estimate of drug-likeness (QED) is 0.657. The lowest BCUT2D eigenvalue weighted by Crippen LogP contribution is -2.51. The van der Waals surface area contributed by atoms with Gasteiger partial charge in [0, 0.05) is 39.3 Å². The van der Waals surface area contributed by atoms with Crippen LogP contribution in [0.25, 0.3) is 0 Å². The third-order valence-electron chi connectivity index (χ3n) is 3.56. The second-order valence-corrected chi connectivity index (χ2v) is 5.22. The van der Waals surface area contributed by atoms with Crippen LogP contribution in [0.5, 0.6) is 0 Å². The van der Waals surface area contributed by atoms with Gasteiger partial charge in [0.1, 0.15) is 0 Å². The van der Waals surface area contributed by atoms with E-state index < -0.39 is 6.10 Å². The highest BCUT2D eigenvalue weighted by Crippen LogP contribution is 2.06. The molecule has 1 N–H and O–H groups in total. The normalized spacial score (nSPS) is 20.9. The van der Waals surface area contributed by atoms with Gasteiger partial charge in [-0.2, -0.15) is 5.26 Å². The van der Waals surface area contributed by atoms with Crippen LogP contribution < -0.4 is 0 Å². The molecule has 2 unspecified atom stereocenters. The number of unbranched alkanes of at least 4 members (excludes halogenated alkanes) is 1. The summed E-state index contributed by atoms with van der Waals surface area (Å²) in [6.45, 7) is 9.52. The highest BCUT2D eigenvalue weighted by Gasteiger charge is 2.22. The van der Waals surface area contributed by atoms with Crippen molar-refractivity contribution in [3.8, 4) is 6.07 Å². The number of β-amino-alcohol motifs (C(OH)–C–C–N with tert-alkyl or cyclic N) is 1. The van der Waals surface area contributed by atoms with Gasteiger partial charge in [-0.05, 0) is 13.3 Å². The summed E-state index contributed by atoms with van der Waals surface area (Å²) in [5.74, 6) is 0. The fourth-order valence-corrected chi connectivity index (χ4v) is 2.23. The van der Waals surface area contributed by atoms with E-state index in [2.05, 4.69) is 22.8 Å². The van der Waals surface area contributed by atoms with Gasteiger partial charge in [0.25, 0.3) is 0 Å². The average Bonchev–Trinajstić information content (AvgIpc) is 2.43. The van der Waals surface area contributed by atoms with E-state index in [0.29, 0.717) is 13.2 Å². The second kappa shape index (κ2) is 9.27. The Bertz CT molecular complexity index is 272. The zero-order valence-electron chi connectivity index (χ0n) is 12.2. The summed E-state index contributed by atoms with van der Waals surface area (Å²) in [5, 5.41) is 18.8. The Morgan fingerprint density at radius 1 is 1.32 bits per heavy atom. The topological polar surface area (TPSA) is 59.7 Å². The monoisotopic (exact) mass is 269 g/mol. The van der Waals surface area contributed by atoms with Gasteiger partial charge in [-0.1, -0.05) is 13.3 Å². The number of nitriles is 1. The van der Waals surface area contributed by atoms with E-state index in [-0.39, 0.29) is 6.04 Å². The maximum atomic E-state index is 9.89. The SMILES string of the molecule is CCCCOCC(O)CN1CCN(C(C)C#N)CC1. The Morgan fingerprint density at radius 3 is 2.58 bits per heavy atom. The third kappa shape index (κ3) is 6.35. The van der Waals surface area contributed by atoms with Crippen LogP contribution >= 0.6 is 0 Å². The van der Waals surface area contributed by atoms with Crippen LogP contribution in [-0.4, -0.2) is 73.0 Å². The Balaban J connectivity index is 2.13. The molecule has 1 heterocycles. The second-order valence-electron chi connectivity index (χ2n) is 5.22. The van der Waals surface area contributed by atoms with E-state index in [1.807, 2.05) is 6.92 Å². The molecule has 1 saturated heterocycles. The van der Waals surface area contributed by atoms with E-state index >= 15 is 0 Å². The van der Waals surface area contributed by atoms with Gasteiger partial charge in [0.15, 0.2) is 0 Å². The molecule has 0 aromatic rings. The lowest BCUT2D eigenvalue weighted by Gasteiger charge is -2.36. The molecule has 5 nitrogen and oxygen atoms in total. The molecule has 0 amide bonds. The van der Waals surface area contributed by atoms with Gasteiger partial charge >= 0.3 is 0 Å². The minimum atomic E-state index is -0.406. The highest BCUT2D eigenvalue weighted by molar-refractivity contribution is 4.90. The van der Waals surface area contributed by atoms with Crippen LogP contribution in [0, 0.1) is 11.3 Å². The number of hydrogen-bond acceptors (Lipinski definition) is 5. The molecule has 0 spiro atoms. The number of aliphatic hydroxyl groups is 1. The van der Waals surface area contributed by atoms with Gasteiger partial charge in [-0.3, -0.25) is 9.80 Å². The fourth-order valence-electron chi connectivity index (χ4n) is 2.23. The lowest BCUT2D eigenvalue weighted by molar-refractivity contribution is 0.00519. The van der Waals surface area contributed by atoms with Crippen LogP contribution in [0.4, 0.5) is 0 Å². The first-order valence-corrected chi connectivity index (χ1v) is 7.29. The predicted octanol–water partition coefficient (Wildman–Crippen LogP) is 0.694. The van der Waals surface area contributed by atoms with Crippen molar-refractivity contribution in [2.75, 3.05) is 45.9 Å². The van der Waals surface area contributed by atoms with Gasteiger partial charge < -0.3 is 9.84 Å².